The van der Waals surface area contributed by atoms with Crippen molar-refractivity contribution in [1.82, 2.24) is 9.55 Å². The molecule has 0 saturated carbocycles. The van der Waals surface area contributed by atoms with Crippen molar-refractivity contribution in [3.8, 4) is 11.3 Å². The third-order valence-corrected chi connectivity index (χ3v) is 5.33. The minimum atomic E-state index is 0.161. The molecule has 5 rings (SSSR count). The molecule has 110 valence electrons. The lowest BCUT2D eigenvalue weighted by molar-refractivity contribution is -0.0880. The first-order chi connectivity index (χ1) is 10.8. The molecule has 3 atom stereocenters. The van der Waals surface area contributed by atoms with Gasteiger partial charge in [-0.2, -0.15) is 0 Å². The largest absolute Gasteiger partial charge is 0.357 e. The van der Waals surface area contributed by atoms with Gasteiger partial charge in [0.05, 0.1) is 17.8 Å². The van der Waals surface area contributed by atoms with Crippen LogP contribution < -0.4 is 0 Å². The van der Waals surface area contributed by atoms with Gasteiger partial charge in [-0.1, -0.05) is 24.3 Å². The second kappa shape index (κ2) is 4.43. The van der Waals surface area contributed by atoms with E-state index in [-0.39, 0.29) is 6.23 Å². The Bertz CT molecular complexity index is 850. The first kappa shape index (κ1) is 12.4. The Hall–Kier alpha value is -2.13. The minimum Gasteiger partial charge on any atom is -0.357 e. The zero-order chi connectivity index (χ0) is 14.7. The van der Waals surface area contributed by atoms with Gasteiger partial charge in [0.1, 0.15) is 6.23 Å². The minimum absolute atomic E-state index is 0.161. The molecule has 0 spiro atoms. The Labute approximate surface area is 129 Å². The van der Waals surface area contributed by atoms with Gasteiger partial charge in [-0.05, 0) is 30.9 Å². The number of pyridine rings is 1. The number of aromatic nitrogens is 2. The maximum Gasteiger partial charge on any atom is 0.134 e. The Morgan fingerprint density at radius 2 is 2.18 bits per heavy atom. The van der Waals surface area contributed by atoms with Crippen LogP contribution in [-0.4, -0.2) is 16.2 Å². The predicted octanol–water partition coefficient (Wildman–Crippen LogP) is 4.03. The van der Waals surface area contributed by atoms with Crippen molar-refractivity contribution in [3.05, 3.63) is 54.9 Å². The number of nitrogens with zero attached hydrogens (tertiary/aromatic N) is 2. The topological polar surface area (TPSA) is 27.1 Å². The Balaban J connectivity index is 1.74. The summed E-state index contributed by atoms with van der Waals surface area (Å²) in [5.41, 5.74) is 4.81. The van der Waals surface area contributed by atoms with E-state index < -0.39 is 0 Å². The normalized spacial score (nSPS) is 27.0. The molecule has 0 unspecified atom stereocenters. The lowest BCUT2D eigenvalue weighted by Crippen LogP contribution is -2.38. The van der Waals surface area contributed by atoms with E-state index in [0.717, 1.165) is 30.7 Å². The van der Waals surface area contributed by atoms with Crippen LogP contribution in [0, 0.1) is 11.8 Å². The summed E-state index contributed by atoms with van der Waals surface area (Å²) in [5, 5.41) is 1.25. The zero-order valence-corrected chi connectivity index (χ0v) is 12.4. The van der Waals surface area contributed by atoms with Gasteiger partial charge < -0.3 is 9.30 Å². The highest BCUT2D eigenvalue weighted by Gasteiger charge is 2.37. The van der Waals surface area contributed by atoms with E-state index in [0.29, 0.717) is 11.8 Å². The van der Waals surface area contributed by atoms with E-state index >= 15 is 0 Å². The molecule has 1 saturated heterocycles. The second-order valence-corrected chi connectivity index (χ2v) is 6.45. The molecule has 4 aliphatic rings. The Kier molecular flexibility index (Phi) is 2.50. The maximum absolute atomic E-state index is 6.07. The number of rotatable bonds is 1. The molecule has 1 aromatic rings. The quantitative estimate of drug-likeness (QED) is 0.633. The van der Waals surface area contributed by atoms with Crippen molar-refractivity contribution < 1.29 is 4.74 Å². The maximum atomic E-state index is 6.07. The molecule has 1 aromatic carbocycles. The summed E-state index contributed by atoms with van der Waals surface area (Å²) in [6.07, 6.45) is 6.55. The van der Waals surface area contributed by atoms with Crippen LogP contribution in [0.15, 0.2) is 49.2 Å². The van der Waals surface area contributed by atoms with E-state index in [9.17, 15) is 0 Å². The summed E-state index contributed by atoms with van der Waals surface area (Å²) in [6.45, 7) is 4.77. The molecule has 0 aromatic heterocycles. The van der Waals surface area contributed by atoms with E-state index in [1.807, 2.05) is 0 Å². The van der Waals surface area contributed by atoms with Crippen LogP contribution in [0.5, 0.6) is 0 Å². The van der Waals surface area contributed by atoms with Gasteiger partial charge in [-0.25, -0.2) is 4.98 Å². The van der Waals surface area contributed by atoms with E-state index in [4.69, 9.17) is 9.72 Å². The smallest absolute Gasteiger partial charge is 0.134 e. The van der Waals surface area contributed by atoms with E-state index in [1.165, 1.54) is 16.6 Å². The van der Waals surface area contributed by atoms with Crippen LogP contribution in [-0.2, 0) is 11.2 Å². The molecule has 1 fully saturated rings. The van der Waals surface area contributed by atoms with Gasteiger partial charge in [0.2, 0.25) is 0 Å². The molecule has 4 heterocycles. The van der Waals surface area contributed by atoms with Gasteiger partial charge in [0.15, 0.2) is 0 Å². The number of hydrogen-bond acceptors (Lipinski definition) is 2. The molecule has 2 bridgehead atoms. The highest BCUT2D eigenvalue weighted by Crippen LogP contribution is 2.44. The molecule has 3 heteroatoms. The van der Waals surface area contributed by atoms with Gasteiger partial charge >= 0.3 is 0 Å². The number of benzene rings is 1. The highest BCUT2D eigenvalue weighted by molar-refractivity contribution is 5.97. The van der Waals surface area contributed by atoms with Gasteiger partial charge in [-0.15, -0.1) is 6.58 Å². The first-order valence-corrected chi connectivity index (χ1v) is 7.97. The summed E-state index contributed by atoms with van der Waals surface area (Å²) < 4.78 is 8.36. The molecule has 22 heavy (non-hydrogen) atoms. The molecule has 0 radical (unpaired) electrons. The van der Waals surface area contributed by atoms with E-state index in [1.54, 1.807) is 0 Å². The van der Waals surface area contributed by atoms with Gasteiger partial charge in [0, 0.05) is 28.8 Å². The predicted molar refractivity (Wildman–Crippen MR) is 86.8 cm³/mol. The third-order valence-electron chi connectivity index (χ3n) is 5.33. The molecule has 0 amide bonds. The summed E-state index contributed by atoms with van der Waals surface area (Å²) in [4.78, 5) is 4.90. The van der Waals surface area contributed by atoms with Crippen LogP contribution in [0.3, 0.4) is 0 Å². The standard InChI is InChI=1S/C19H18N2O/c1-2-12-11-22-18-10-13(12)9-17-19-15(7-8-21(17)18)14-5-3-4-6-16(14)20-19/h2-8,12-13,18H,1,9-11H2/t12-,13+,18+/m0/s1. The fourth-order valence-corrected chi connectivity index (χ4v) is 4.13. The van der Waals surface area contributed by atoms with Crippen molar-refractivity contribution in [3.63, 3.8) is 0 Å². The summed E-state index contributed by atoms with van der Waals surface area (Å²) in [5.74, 6) is 1.09. The van der Waals surface area contributed by atoms with Crippen molar-refractivity contribution in [2.45, 2.75) is 19.1 Å². The Morgan fingerprint density at radius 3 is 3.09 bits per heavy atom. The van der Waals surface area contributed by atoms with E-state index in [2.05, 4.69) is 53.8 Å². The lowest BCUT2D eigenvalue weighted by atomic mass is 9.80. The second-order valence-electron chi connectivity index (χ2n) is 6.45. The summed E-state index contributed by atoms with van der Waals surface area (Å²) >= 11 is 0. The lowest BCUT2D eigenvalue weighted by Gasteiger charge is -2.42. The van der Waals surface area contributed by atoms with Crippen LogP contribution in [0.25, 0.3) is 22.2 Å². The van der Waals surface area contributed by atoms with Crippen LogP contribution >= 0.6 is 0 Å². The fourth-order valence-electron chi connectivity index (χ4n) is 4.13. The SMILES string of the molecule is C=C[C@H]1CO[C@@H]2C[C@H]1Cc1c3nc4ccccc4c-3ccn12. The molecule has 4 aliphatic heterocycles. The average Bonchev–Trinajstić information content (AvgIpc) is 2.94. The van der Waals surface area contributed by atoms with Crippen molar-refractivity contribution in [2.75, 3.05) is 6.61 Å². The van der Waals surface area contributed by atoms with Gasteiger partial charge in [-0.3, -0.25) is 0 Å². The molecular weight excluding hydrogens is 272 g/mol. The monoisotopic (exact) mass is 290 g/mol. The van der Waals surface area contributed by atoms with Crippen molar-refractivity contribution >= 4 is 10.9 Å². The molecular formula is C19H18N2O. The van der Waals surface area contributed by atoms with Crippen molar-refractivity contribution in [2.24, 2.45) is 11.8 Å². The van der Waals surface area contributed by atoms with Crippen LogP contribution in [0.2, 0.25) is 0 Å². The van der Waals surface area contributed by atoms with Gasteiger partial charge in [0.25, 0.3) is 0 Å². The number of para-hydroxylation sites is 1. The Morgan fingerprint density at radius 1 is 1.27 bits per heavy atom. The average molecular weight is 290 g/mol. The van der Waals surface area contributed by atoms with Crippen LogP contribution in [0.4, 0.5) is 0 Å². The highest BCUT2D eigenvalue weighted by atomic mass is 16.5. The number of fused-ring (bicyclic) bond motifs is 8. The molecule has 0 aliphatic carbocycles. The summed E-state index contributed by atoms with van der Waals surface area (Å²) in [6, 6.07) is 10.6. The first-order valence-electron chi connectivity index (χ1n) is 7.97. The molecule has 0 N–H and O–H groups in total. The fraction of sp³-hybridized carbons (Fsp3) is 0.316. The summed E-state index contributed by atoms with van der Waals surface area (Å²) in [7, 11) is 0. The van der Waals surface area contributed by atoms with Crippen molar-refractivity contribution in [1.29, 1.82) is 0 Å². The zero-order valence-electron chi connectivity index (χ0n) is 12.4. The number of ether oxygens (including phenoxy) is 1. The van der Waals surface area contributed by atoms with Crippen LogP contribution in [0.1, 0.15) is 18.3 Å². The molecule has 3 nitrogen and oxygen atoms in total. The third kappa shape index (κ3) is 1.57. The number of hydrogen-bond donors (Lipinski definition) is 0.